The smallest absolute Gasteiger partial charge is 0.497 e. The number of nitrogens with zero attached hydrogens (tertiary/aromatic N) is 1. The average molecular weight is 339 g/mol. The Bertz CT molecular complexity index is 700. The van der Waals surface area contributed by atoms with E-state index in [0.29, 0.717) is 5.75 Å². The lowest BCUT2D eigenvalue weighted by molar-refractivity contribution is -0.274. The Hall–Kier alpha value is -2.90. The van der Waals surface area contributed by atoms with Gasteiger partial charge in [0.25, 0.3) is 0 Å². The van der Waals surface area contributed by atoms with Crippen molar-refractivity contribution >= 4 is 11.6 Å². The highest BCUT2D eigenvalue weighted by Crippen LogP contribution is 2.29. The summed E-state index contributed by atoms with van der Waals surface area (Å²) in [5, 5.41) is 2.60. The Labute approximate surface area is 136 Å². The number of halogens is 3. The lowest BCUT2D eigenvalue weighted by Gasteiger charge is -2.14. The lowest BCUT2D eigenvalue weighted by Crippen LogP contribution is -2.24. The van der Waals surface area contributed by atoms with Crippen molar-refractivity contribution in [3.63, 3.8) is 0 Å². The van der Waals surface area contributed by atoms with Crippen LogP contribution in [0.4, 0.5) is 18.9 Å². The summed E-state index contributed by atoms with van der Waals surface area (Å²) in [6.07, 6.45) is -4.78. The van der Waals surface area contributed by atoms with Gasteiger partial charge in [0.15, 0.2) is 11.7 Å². The van der Waals surface area contributed by atoms with Crippen LogP contribution < -0.4 is 20.5 Å². The first-order chi connectivity index (χ1) is 11.4. The maximum absolute atomic E-state index is 12.4. The van der Waals surface area contributed by atoms with Crippen molar-refractivity contribution in [2.75, 3.05) is 12.4 Å². The van der Waals surface area contributed by atoms with Crippen molar-refractivity contribution in [1.29, 1.82) is 0 Å². The minimum Gasteiger partial charge on any atom is -0.497 e. The molecular weight excluding hydrogens is 323 g/mol. The van der Waals surface area contributed by atoms with Crippen molar-refractivity contribution in [2.24, 2.45) is 10.7 Å². The first-order valence-electron chi connectivity index (χ1n) is 6.92. The fraction of sp³-hybridized carbons (Fsp3) is 0.188. The second-order valence-corrected chi connectivity index (χ2v) is 4.72. The summed E-state index contributed by atoms with van der Waals surface area (Å²) in [7, 11) is 1.57. The Morgan fingerprint density at radius 3 is 2.42 bits per heavy atom. The van der Waals surface area contributed by atoms with E-state index in [9.17, 15) is 13.2 Å². The number of methoxy groups -OCH3 is 1. The number of hydrogen-bond acceptors (Lipinski definition) is 3. The van der Waals surface area contributed by atoms with E-state index in [1.165, 1.54) is 18.2 Å². The van der Waals surface area contributed by atoms with Gasteiger partial charge in [0.05, 0.1) is 19.3 Å². The van der Waals surface area contributed by atoms with Gasteiger partial charge < -0.3 is 20.5 Å². The predicted octanol–water partition coefficient (Wildman–Crippen LogP) is 3.52. The quantitative estimate of drug-likeness (QED) is 0.646. The van der Waals surface area contributed by atoms with E-state index in [-0.39, 0.29) is 23.9 Å². The molecule has 2 aromatic rings. The Morgan fingerprint density at radius 2 is 1.79 bits per heavy atom. The van der Waals surface area contributed by atoms with Crippen LogP contribution in [0.1, 0.15) is 5.56 Å². The van der Waals surface area contributed by atoms with Crippen LogP contribution in [0.5, 0.6) is 11.5 Å². The van der Waals surface area contributed by atoms with E-state index >= 15 is 0 Å². The number of para-hydroxylation sites is 2. The SMILES string of the molecule is COc1ccc(CN=C(N)Nc2ccccc2OC(F)(F)F)cc1. The van der Waals surface area contributed by atoms with Crippen LogP contribution in [0.2, 0.25) is 0 Å². The third kappa shape index (κ3) is 5.38. The zero-order valence-electron chi connectivity index (χ0n) is 12.8. The van der Waals surface area contributed by atoms with E-state index in [4.69, 9.17) is 10.5 Å². The van der Waals surface area contributed by atoms with Crippen LogP contribution in [0.15, 0.2) is 53.5 Å². The summed E-state index contributed by atoms with van der Waals surface area (Å²) in [5.74, 6) is 0.309. The second kappa shape index (κ2) is 7.58. The summed E-state index contributed by atoms with van der Waals surface area (Å²) in [5.41, 5.74) is 6.67. The normalized spacial score (nSPS) is 11.9. The number of nitrogens with two attached hydrogens (primary N) is 1. The van der Waals surface area contributed by atoms with Crippen molar-refractivity contribution < 1.29 is 22.6 Å². The van der Waals surface area contributed by atoms with Crippen LogP contribution in [-0.2, 0) is 6.54 Å². The maximum atomic E-state index is 12.4. The zero-order valence-corrected chi connectivity index (χ0v) is 12.8. The zero-order chi connectivity index (χ0) is 17.6. The van der Waals surface area contributed by atoms with Crippen LogP contribution in [0.25, 0.3) is 0 Å². The van der Waals surface area contributed by atoms with Crippen molar-refractivity contribution in [2.45, 2.75) is 12.9 Å². The van der Waals surface area contributed by atoms with Gasteiger partial charge in [-0.15, -0.1) is 13.2 Å². The minimum absolute atomic E-state index is 0.0240. The van der Waals surface area contributed by atoms with Crippen LogP contribution in [0.3, 0.4) is 0 Å². The summed E-state index contributed by atoms with van der Waals surface area (Å²) in [6, 6.07) is 12.8. The summed E-state index contributed by atoms with van der Waals surface area (Å²) in [4.78, 5) is 4.09. The molecule has 0 amide bonds. The highest BCUT2D eigenvalue weighted by Gasteiger charge is 2.32. The van der Waals surface area contributed by atoms with Gasteiger partial charge in [0, 0.05) is 0 Å². The highest BCUT2D eigenvalue weighted by molar-refractivity contribution is 5.93. The maximum Gasteiger partial charge on any atom is 0.573 e. The van der Waals surface area contributed by atoms with E-state index in [1.807, 2.05) is 12.1 Å². The van der Waals surface area contributed by atoms with Gasteiger partial charge >= 0.3 is 6.36 Å². The number of alkyl halides is 3. The van der Waals surface area contributed by atoms with Crippen molar-refractivity contribution in [3.8, 4) is 11.5 Å². The number of guanidine groups is 1. The molecule has 0 saturated heterocycles. The molecule has 0 aliphatic heterocycles. The van der Waals surface area contributed by atoms with Gasteiger partial charge in [-0.1, -0.05) is 24.3 Å². The molecule has 0 radical (unpaired) electrons. The number of hydrogen-bond donors (Lipinski definition) is 2. The number of aliphatic imine (C=N–C) groups is 1. The molecule has 0 fully saturated rings. The monoisotopic (exact) mass is 339 g/mol. The van der Waals surface area contributed by atoms with Gasteiger partial charge in [0.1, 0.15) is 5.75 Å². The van der Waals surface area contributed by atoms with Gasteiger partial charge in [-0.2, -0.15) is 0 Å². The first kappa shape index (κ1) is 17.5. The van der Waals surface area contributed by atoms with E-state index < -0.39 is 6.36 Å². The van der Waals surface area contributed by atoms with E-state index in [0.717, 1.165) is 5.56 Å². The topological polar surface area (TPSA) is 68.9 Å². The molecule has 5 nitrogen and oxygen atoms in total. The molecule has 3 N–H and O–H groups in total. The third-order valence-corrected chi connectivity index (χ3v) is 2.97. The molecule has 0 heterocycles. The summed E-state index contributed by atoms with van der Waals surface area (Å²) >= 11 is 0. The largest absolute Gasteiger partial charge is 0.573 e. The molecule has 0 spiro atoms. The molecule has 0 saturated carbocycles. The fourth-order valence-electron chi connectivity index (χ4n) is 1.87. The molecule has 2 aromatic carbocycles. The molecule has 0 bridgehead atoms. The predicted molar refractivity (Wildman–Crippen MR) is 85.1 cm³/mol. The van der Waals surface area contributed by atoms with Crippen molar-refractivity contribution in [1.82, 2.24) is 0 Å². The number of ether oxygens (including phenoxy) is 2. The van der Waals surface area contributed by atoms with E-state index in [2.05, 4.69) is 15.0 Å². The fourth-order valence-corrected chi connectivity index (χ4v) is 1.87. The number of nitrogens with one attached hydrogen (secondary N) is 1. The van der Waals surface area contributed by atoms with Crippen LogP contribution in [0, 0.1) is 0 Å². The molecule has 0 aliphatic rings. The summed E-state index contributed by atoms with van der Waals surface area (Å²) < 4.78 is 46.1. The van der Waals surface area contributed by atoms with Gasteiger partial charge in [-0.3, -0.25) is 0 Å². The molecule has 0 atom stereocenters. The van der Waals surface area contributed by atoms with Crippen molar-refractivity contribution in [3.05, 3.63) is 54.1 Å². The van der Waals surface area contributed by atoms with Gasteiger partial charge in [-0.25, -0.2) is 4.99 Å². The molecule has 128 valence electrons. The average Bonchev–Trinajstić information content (AvgIpc) is 2.54. The summed E-state index contributed by atoms with van der Waals surface area (Å²) in [6.45, 7) is 0.269. The Balaban J connectivity index is 2.04. The van der Waals surface area contributed by atoms with Crippen LogP contribution in [-0.4, -0.2) is 19.4 Å². The lowest BCUT2D eigenvalue weighted by atomic mass is 10.2. The molecule has 2 rings (SSSR count). The Kier molecular flexibility index (Phi) is 5.51. The molecule has 8 heteroatoms. The third-order valence-electron chi connectivity index (χ3n) is 2.97. The molecule has 24 heavy (non-hydrogen) atoms. The van der Waals surface area contributed by atoms with Gasteiger partial charge in [-0.05, 0) is 29.8 Å². The first-order valence-corrected chi connectivity index (χ1v) is 6.92. The number of benzene rings is 2. The van der Waals surface area contributed by atoms with Crippen LogP contribution >= 0.6 is 0 Å². The van der Waals surface area contributed by atoms with Gasteiger partial charge in [0.2, 0.25) is 0 Å². The van der Waals surface area contributed by atoms with E-state index in [1.54, 1.807) is 25.3 Å². The molecule has 0 aromatic heterocycles. The molecule has 0 unspecified atom stereocenters. The number of rotatable bonds is 5. The Morgan fingerprint density at radius 1 is 1.12 bits per heavy atom. The minimum atomic E-state index is -4.78. The highest BCUT2D eigenvalue weighted by atomic mass is 19.4. The second-order valence-electron chi connectivity index (χ2n) is 4.72. The standard InChI is InChI=1S/C16H16F3N3O2/c1-23-12-8-6-11(7-9-12)10-21-15(20)22-13-4-2-3-5-14(13)24-16(17,18)19/h2-9H,10H2,1H3,(H3,20,21,22). The molecular formula is C16H16F3N3O2. The number of anilines is 1. The molecule has 0 aliphatic carbocycles.